The summed E-state index contributed by atoms with van der Waals surface area (Å²) in [7, 11) is 0. The lowest BCUT2D eigenvalue weighted by Gasteiger charge is -2.39. The SMILES string of the molecule is CC.CCCC1CCN(C2CCNCC2)CC1. The molecule has 2 saturated heterocycles. The summed E-state index contributed by atoms with van der Waals surface area (Å²) in [6.45, 7) is 11.5. The fourth-order valence-electron chi connectivity index (χ4n) is 3.19. The Labute approximate surface area is 108 Å². The van der Waals surface area contributed by atoms with Crippen molar-refractivity contribution in [3.8, 4) is 0 Å². The second-order valence-corrected chi connectivity index (χ2v) is 5.25. The van der Waals surface area contributed by atoms with Crippen LogP contribution >= 0.6 is 0 Å². The normalized spacial score (nSPS) is 24.2. The molecule has 0 radical (unpaired) electrons. The molecule has 2 rings (SSSR count). The van der Waals surface area contributed by atoms with Crippen molar-refractivity contribution in [2.24, 2.45) is 5.92 Å². The number of hydrogen-bond acceptors (Lipinski definition) is 2. The van der Waals surface area contributed by atoms with Gasteiger partial charge in [0.25, 0.3) is 0 Å². The van der Waals surface area contributed by atoms with E-state index in [1.807, 2.05) is 13.8 Å². The topological polar surface area (TPSA) is 15.3 Å². The third-order valence-corrected chi connectivity index (χ3v) is 4.17. The van der Waals surface area contributed by atoms with Crippen molar-refractivity contribution in [1.82, 2.24) is 10.2 Å². The summed E-state index contributed by atoms with van der Waals surface area (Å²) in [6.07, 6.45) is 8.49. The molecule has 17 heavy (non-hydrogen) atoms. The van der Waals surface area contributed by atoms with Crippen LogP contribution in [0.2, 0.25) is 0 Å². The van der Waals surface area contributed by atoms with E-state index in [4.69, 9.17) is 0 Å². The van der Waals surface area contributed by atoms with Crippen molar-refractivity contribution in [3.63, 3.8) is 0 Å². The van der Waals surface area contributed by atoms with E-state index >= 15 is 0 Å². The summed E-state index contributed by atoms with van der Waals surface area (Å²) in [5.74, 6) is 1.04. The van der Waals surface area contributed by atoms with Gasteiger partial charge < -0.3 is 10.2 Å². The Bertz CT molecular complexity index is 168. The summed E-state index contributed by atoms with van der Waals surface area (Å²) >= 11 is 0. The van der Waals surface area contributed by atoms with Crippen LogP contribution in [-0.4, -0.2) is 37.1 Å². The van der Waals surface area contributed by atoms with Crippen LogP contribution in [0.3, 0.4) is 0 Å². The number of piperidine rings is 2. The highest BCUT2D eigenvalue weighted by molar-refractivity contribution is 4.81. The number of nitrogens with zero attached hydrogens (tertiary/aromatic N) is 1. The molecule has 0 atom stereocenters. The first-order valence-electron chi connectivity index (χ1n) is 7.85. The van der Waals surface area contributed by atoms with Crippen LogP contribution in [0.4, 0.5) is 0 Å². The Hall–Kier alpha value is -0.0800. The molecule has 0 aromatic carbocycles. The summed E-state index contributed by atoms with van der Waals surface area (Å²) in [4.78, 5) is 2.76. The maximum Gasteiger partial charge on any atom is 0.0119 e. The summed E-state index contributed by atoms with van der Waals surface area (Å²) in [5.41, 5.74) is 0. The molecule has 0 unspecified atom stereocenters. The van der Waals surface area contributed by atoms with Gasteiger partial charge in [-0.2, -0.15) is 0 Å². The molecule has 0 saturated carbocycles. The van der Waals surface area contributed by atoms with Crippen LogP contribution in [0.25, 0.3) is 0 Å². The minimum absolute atomic E-state index is 0.897. The van der Waals surface area contributed by atoms with Crippen LogP contribution < -0.4 is 5.32 Å². The van der Waals surface area contributed by atoms with Gasteiger partial charge in [0.1, 0.15) is 0 Å². The van der Waals surface area contributed by atoms with Gasteiger partial charge in [-0.05, 0) is 57.8 Å². The lowest BCUT2D eigenvalue weighted by atomic mass is 9.90. The Balaban J connectivity index is 0.000000686. The van der Waals surface area contributed by atoms with Gasteiger partial charge in [-0.15, -0.1) is 0 Å². The molecule has 0 bridgehead atoms. The predicted molar refractivity (Wildman–Crippen MR) is 76.4 cm³/mol. The molecular formula is C15H32N2. The zero-order chi connectivity index (χ0) is 12.5. The molecule has 102 valence electrons. The van der Waals surface area contributed by atoms with Crippen molar-refractivity contribution < 1.29 is 0 Å². The van der Waals surface area contributed by atoms with E-state index in [9.17, 15) is 0 Å². The van der Waals surface area contributed by atoms with Gasteiger partial charge >= 0.3 is 0 Å². The third-order valence-electron chi connectivity index (χ3n) is 4.17. The van der Waals surface area contributed by atoms with Crippen LogP contribution in [0.5, 0.6) is 0 Å². The maximum atomic E-state index is 3.46. The van der Waals surface area contributed by atoms with E-state index in [-0.39, 0.29) is 0 Å². The molecule has 2 aliphatic heterocycles. The highest BCUT2D eigenvalue weighted by atomic mass is 15.2. The Morgan fingerprint density at radius 3 is 2.12 bits per heavy atom. The van der Waals surface area contributed by atoms with Crippen LogP contribution in [-0.2, 0) is 0 Å². The molecule has 0 amide bonds. The van der Waals surface area contributed by atoms with Gasteiger partial charge in [0.05, 0.1) is 0 Å². The monoisotopic (exact) mass is 240 g/mol. The molecule has 2 nitrogen and oxygen atoms in total. The van der Waals surface area contributed by atoms with Crippen molar-refractivity contribution >= 4 is 0 Å². The van der Waals surface area contributed by atoms with Gasteiger partial charge in [0.2, 0.25) is 0 Å². The molecule has 2 heterocycles. The van der Waals surface area contributed by atoms with Crippen LogP contribution in [0, 0.1) is 5.92 Å². The third kappa shape index (κ3) is 4.97. The van der Waals surface area contributed by atoms with E-state index in [0.29, 0.717) is 0 Å². The minimum atomic E-state index is 0.897. The van der Waals surface area contributed by atoms with E-state index in [0.717, 1.165) is 12.0 Å². The summed E-state index contributed by atoms with van der Waals surface area (Å²) in [6, 6.07) is 0.897. The first kappa shape index (κ1) is 15.0. The first-order valence-corrected chi connectivity index (χ1v) is 7.85. The second kappa shape index (κ2) is 8.93. The van der Waals surface area contributed by atoms with E-state index in [2.05, 4.69) is 17.1 Å². The molecule has 0 aromatic heterocycles. The quantitative estimate of drug-likeness (QED) is 0.814. The van der Waals surface area contributed by atoms with Crippen molar-refractivity contribution in [2.75, 3.05) is 26.2 Å². The maximum absolute atomic E-state index is 3.46. The zero-order valence-electron chi connectivity index (χ0n) is 12.2. The van der Waals surface area contributed by atoms with Crippen LogP contribution in [0.15, 0.2) is 0 Å². The number of hydrogen-bond donors (Lipinski definition) is 1. The highest BCUT2D eigenvalue weighted by Crippen LogP contribution is 2.24. The Morgan fingerprint density at radius 1 is 1.00 bits per heavy atom. The molecule has 2 aliphatic rings. The van der Waals surface area contributed by atoms with Gasteiger partial charge in [0, 0.05) is 6.04 Å². The van der Waals surface area contributed by atoms with Gasteiger partial charge in [-0.3, -0.25) is 0 Å². The summed E-state index contributed by atoms with van der Waals surface area (Å²) in [5, 5.41) is 3.46. The average Bonchev–Trinajstić information content (AvgIpc) is 2.43. The highest BCUT2D eigenvalue weighted by Gasteiger charge is 2.25. The lowest BCUT2D eigenvalue weighted by molar-refractivity contribution is 0.108. The van der Waals surface area contributed by atoms with E-state index in [1.54, 1.807) is 0 Å². The molecule has 0 aromatic rings. The average molecular weight is 240 g/mol. The van der Waals surface area contributed by atoms with Gasteiger partial charge in [-0.25, -0.2) is 0 Å². The van der Waals surface area contributed by atoms with Gasteiger partial charge in [0.15, 0.2) is 0 Å². The Kier molecular flexibility index (Phi) is 7.87. The molecule has 0 aliphatic carbocycles. The minimum Gasteiger partial charge on any atom is -0.317 e. The molecule has 0 spiro atoms. The standard InChI is InChI=1S/C13H26N2.C2H6/c1-2-3-12-6-10-15(11-7-12)13-4-8-14-9-5-13;1-2/h12-14H,2-11H2,1H3;1-2H3. The number of nitrogens with one attached hydrogen (secondary N) is 1. The fourth-order valence-corrected chi connectivity index (χ4v) is 3.19. The lowest BCUT2D eigenvalue weighted by Crippen LogP contribution is -2.46. The van der Waals surface area contributed by atoms with E-state index < -0.39 is 0 Å². The van der Waals surface area contributed by atoms with Crippen molar-refractivity contribution in [2.45, 2.75) is 65.3 Å². The molecular weight excluding hydrogens is 208 g/mol. The van der Waals surface area contributed by atoms with Crippen LogP contribution in [0.1, 0.15) is 59.3 Å². The number of likely N-dealkylation sites (tertiary alicyclic amines) is 1. The largest absolute Gasteiger partial charge is 0.317 e. The van der Waals surface area contributed by atoms with Crippen molar-refractivity contribution in [1.29, 1.82) is 0 Å². The molecule has 1 N–H and O–H groups in total. The fraction of sp³-hybridized carbons (Fsp3) is 1.00. The zero-order valence-corrected chi connectivity index (χ0v) is 12.2. The van der Waals surface area contributed by atoms with Gasteiger partial charge in [-0.1, -0.05) is 33.6 Å². The van der Waals surface area contributed by atoms with E-state index in [1.165, 1.54) is 64.7 Å². The second-order valence-electron chi connectivity index (χ2n) is 5.25. The summed E-state index contributed by atoms with van der Waals surface area (Å²) < 4.78 is 0. The Morgan fingerprint density at radius 2 is 1.59 bits per heavy atom. The smallest absolute Gasteiger partial charge is 0.0119 e. The van der Waals surface area contributed by atoms with Crippen molar-refractivity contribution in [3.05, 3.63) is 0 Å². The molecule has 2 heteroatoms. The first-order chi connectivity index (χ1) is 8.40. The molecule has 2 fully saturated rings. The predicted octanol–water partition coefficient (Wildman–Crippen LogP) is 3.28. The number of rotatable bonds is 3.